The van der Waals surface area contributed by atoms with Crippen LogP contribution in [0.25, 0.3) is 0 Å². The van der Waals surface area contributed by atoms with E-state index < -0.39 is 28.5 Å². The summed E-state index contributed by atoms with van der Waals surface area (Å²) >= 11 is 16.0. The van der Waals surface area contributed by atoms with Crippen molar-refractivity contribution >= 4 is 66.7 Å². The van der Waals surface area contributed by atoms with Gasteiger partial charge in [0, 0.05) is 27.1 Å². The van der Waals surface area contributed by atoms with Crippen molar-refractivity contribution in [1.29, 1.82) is 0 Å². The number of nitrogens with zero attached hydrogens (tertiary/aromatic N) is 2. The van der Waals surface area contributed by atoms with Gasteiger partial charge in [0.15, 0.2) is 0 Å². The van der Waals surface area contributed by atoms with Crippen LogP contribution in [0, 0.1) is 6.92 Å². The maximum atomic E-state index is 14.2. The first kappa shape index (κ1) is 32.3. The lowest BCUT2D eigenvalue weighted by molar-refractivity contribution is -0.140. The number of amides is 2. The average molecular weight is 696 g/mol. The average Bonchev–Trinajstić information content (AvgIpc) is 3.45. The molecule has 1 atom stereocenters. The summed E-state index contributed by atoms with van der Waals surface area (Å²) in [5, 5.41) is 3.90. The number of benzene rings is 3. The van der Waals surface area contributed by atoms with Crippen LogP contribution in [0.15, 0.2) is 76.1 Å². The van der Waals surface area contributed by atoms with Gasteiger partial charge >= 0.3 is 0 Å². The minimum absolute atomic E-state index is 0.00231. The Balaban J connectivity index is 1.73. The number of hydrogen-bond donors (Lipinski definition) is 1. The van der Waals surface area contributed by atoms with Crippen LogP contribution in [-0.2, 0) is 26.2 Å². The molecule has 0 spiro atoms. The highest BCUT2D eigenvalue weighted by atomic mass is 79.9. The molecule has 1 aliphatic rings. The molecule has 42 heavy (non-hydrogen) atoms. The molecule has 2 amide bonds. The van der Waals surface area contributed by atoms with Crippen LogP contribution >= 0.6 is 39.1 Å². The molecule has 3 aromatic rings. The SMILES string of the molecule is CC[C@H](C(=O)NC1CCCC1)N(Cc1ccc(Cl)cc1Cl)C(=O)CN(c1cccc(Br)c1)S(=O)(=O)c1ccc(C)cc1. The Bertz CT molecular complexity index is 1530. The quantitative estimate of drug-likeness (QED) is 0.232. The van der Waals surface area contributed by atoms with E-state index in [1.165, 1.54) is 17.0 Å². The van der Waals surface area contributed by atoms with Gasteiger partial charge in [-0.15, -0.1) is 0 Å². The third kappa shape index (κ3) is 7.86. The zero-order valence-corrected chi connectivity index (χ0v) is 27.4. The molecule has 1 aliphatic carbocycles. The van der Waals surface area contributed by atoms with E-state index in [9.17, 15) is 18.0 Å². The first-order chi connectivity index (χ1) is 20.0. The van der Waals surface area contributed by atoms with Crippen LogP contribution in [0.5, 0.6) is 0 Å². The monoisotopic (exact) mass is 693 g/mol. The Labute approximate surface area is 266 Å². The van der Waals surface area contributed by atoms with Gasteiger partial charge in [0.1, 0.15) is 12.6 Å². The third-order valence-electron chi connectivity index (χ3n) is 7.43. The molecule has 11 heteroatoms. The number of sulfonamides is 1. The van der Waals surface area contributed by atoms with Crippen LogP contribution in [-0.4, -0.2) is 43.8 Å². The van der Waals surface area contributed by atoms with Gasteiger partial charge in [-0.05, 0) is 74.2 Å². The number of nitrogens with one attached hydrogen (secondary N) is 1. The second-order valence-electron chi connectivity index (χ2n) is 10.5. The normalized spacial score (nSPS) is 14.4. The van der Waals surface area contributed by atoms with Crippen molar-refractivity contribution < 1.29 is 18.0 Å². The fraction of sp³-hybridized carbons (Fsp3) is 0.355. The Morgan fingerprint density at radius 3 is 2.33 bits per heavy atom. The highest BCUT2D eigenvalue weighted by Crippen LogP contribution is 2.29. The van der Waals surface area contributed by atoms with Gasteiger partial charge in [-0.3, -0.25) is 13.9 Å². The number of aryl methyl sites for hydroxylation is 1. The van der Waals surface area contributed by atoms with Gasteiger partial charge in [0.2, 0.25) is 11.8 Å². The number of rotatable bonds is 11. The number of halogens is 3. The number of carbonyl (C=O) groups excluding carboxylic acids is 2. The maximum Gasteiger partial charge on any atom is 0.264 e. The zero-order valence-electron chi connectivity index (χ0n) is 23.5. The minimum atomic E-state index is -4.15. The summed E-state index contributed by atoms with van der Waals surface area (Å²) in [5.74, 6) is -0.802. The largest absolute Gasteiger partial charge is 0.352 e. The molecule has 4 rings (SSSR count). The van der Waals surface area contributed by atoms with Gasteiger partial charge in [-0.1, -0.05) is 88.7 Å². The Morgan fingerprint density at radius 1 is 1.02 bits per heavy atom. The molecule has 1 fully saturated rings. The van der Waals surface area contributed by atoms with Crippen LogP contribution in [0.1, 0.15) is 50.2 Å². The van der Waals surface area contributed by atoms with E-state index in [4.69, 9.17) is 23.2 Å². The van der Waals surface area contributed by atoms with Crippen molar-refractivity contribution in [2.75, 3.05) is 10.8 Å². The third-order valence-corrected chi connectivity index (χ3v) is 10.3. The van der Waals surface area contributed by atoms with E-state index in [1.807, 2.05) is 13.8 Å². The lowest BCUT2D eigenvalue weighted by Gasteiger charge is -2.34. The van der Waals surface area contributed by atoms with Crippen LogP contribution in [0.3, 0.4) is 0 Å². The predicted molar refractivity (Wildman–Crippen MR) is 171 cm³/mol. The summed E-state index contributed by atoms with van der Waals surface area (Å²) < 4.78 is 29.7. The van der Waals surface area contributed by atoms with Crippen molar-refractivity contribution in [2.24, 2.45) is 0 Å². The second-order valence-corrected chi connectivity index (χ2v) is 14.1. The van der Waals surface area contributed by atoms with Gasteiger partial charge in [0.25, 0.3) is 10.0 Å². The highest BCUT2D eigenvalue weighted by molar-refractivity contribution is 9.10. The van der Waals surface area contributed by atoms with Crippen molar-refractivity contribution in [2.45, 2.75) is 69.5 Å². The van der Waals surface area contributed by atoms with Crippen molar-refractivity contribution in [3.05, 3.63) is 92.4 Å². The minimum Gasteiger partial charge on any atom is -0.352 e. The van der Waals surface area contributed by atoms with E-state index in [0.717, 1.165) is 35.6 Å². The Morgan fingerprint density at radius 2 is 1.71 bits per heavy atom. The summed E-state index contributed by atoms with van der Waals surface area (Å²) in [6, 6.07) is 17.4. The van der Waals surface area contributed by atoms with E-state index >= 15 is 0 Å². The summed E-state index contributed by atoms with van der Waals surface area (Å²) in [4.78, 5) is 29.3. The molecule has 0 heterocycles. The summed E-state index contributed by atoms with van der Waals surface area (Å²) in [6.45, 7) is 3.18. The Hall–Kier alpha value is -2.59. The van der Waals surface area contributed by atoms with E-state index in [1.54, 1.807) is 54.6 Å². The second kappa shape index (κ2) is 14.3. The maximum absolute atomic E-state index is 14.2. The predicted octanol–water partition coefficient (Wildman–Crippen LogP) is 7.13. The van der Waals surface area contributed by atoms with Crippen LogP contribution in [0.2, 0.25) is 10.0 Å². The number of anilines is 1. The van der Waals surface area contributed by atoms with E-state index in [2.05, 4.69) is 21.2 Å². The van der Waals surface area contributed by atoms with Gasteiger partial charge < -0.3 is 10.2 Å². The molecular formula is C31H34BrCl2N3O4S. The molecule has 3 aromatic carbocycles. The first-order valence-corrected chi connectivity index (χ1v) is 16.9. The fourth-order valence-corrected chi connectivity index (χ4v) is 7.38. The lowest BCUT2D eigenvalue weighted by Crippen LogP contribution is -2.53. The highest BCUT2D eigenvalue weighted by Gasteiger charge is 2.35. The molecular weight excluding hydrogens is 661 g/mol. The molecule has 0 unspecified atom stereocenters. The van der Waals surface area contributed by atoms with Crippen molar-refractivity contribution in [3.8, 4) is 0 Å². The molecule has 0 bridgehead atoms. The topological polar surface area (TPSA) is 86.8 Å². The standard InChI is InChI=1S/C31H34BrCl2N3O4S/c1-3-29(31(39)35-25-8-4-5-9-25)36(19-22-13-14-24(33)18-28(22)34)30(38)20-37(26-10-6-7-23(32)17-26)42(40,41)27-15-11-21(2)12-16-27/h6-7,10-18,25,29H,3-5,8-9,19-20H2,1-2H3,(H,35,39)/t29-/m1/s1. The molecule has 0 aromatic heterocycles. The molecule has 0 radical (unpaired) electrons. The van der Waals surface area contributed by atoms with Crippen molar-refractivity contribution in [1.82, 2.24) is 10.2 Å². The number of hydrogen-bond acceptors (Lipinski definition) is 4. The molecule has 1 saturated carbocycles. The van der Waals surface area contributed by atoms with Crippen LogP contribution < -0.4 is 9.62 Å². The lowest BCUT2D eigenvalue weighted by atomic mass is 10.1. The van der Waals surface area contributed by atoms with E-state index in [0.29, 0.717) is 32.2 Å². The van der Waals surface area contributed by atoms with E-state index in [-0.39, 0.29) is 23.4 Å². The molecule has 1 N–H and O–H groups in total. The van der Waals surface area contributed by atoms with Gasteiger partial charge in [-0.25, -0.2) is 8.42 Å². The van der Waals surface area contributed by atoms with Gasteiger partial charge in [-0.2, -0.15) is 0 Å². The number of carbonyl (C=O) groups is 2. The summed E-state index contributed by atoms with van der Waals surface area (Å²) in [5.41, 5.74) is 1.81. The summed E-state index contributed by atoms with van der Waals surface area (Å²) in [7, 11) is -4.15. The van der Waals surface area contributed by atoms with Gasteiger partial charge in [0.05, 0.1) is 10.6 Å². The Kier molecular flexibility index (Phi) is 11.0. The fourth-order valence-electron chi connectivity index (χ4n) is 5.12. The summed E-state index contributed by atoms with van der Waals surface area (Å²) in [6.07, 6.45) is 4.21. The van der Waals surface area contributed by atoms with Crippen LogP contribution in [0.4, 0.5) is 5.69 Å². The molecule has 0 saturated heterocycles. The zero-order chi connectivity index (χ0) is 30.4. The smallest absolute Gasteiger partial charge is 0.264 e. The van der Waals surface area contributed by atoms with Crippen molar-refractivity contribution in [3.63, 3.8) is 0 Å². The molecule has 0 aliphatic heterocycles. The molecule has 224 valence electrons. The molecule has 7 nitrogen and oxygen atoms in total. The first-order valence-electron chi connectivity index (χ1n) is 13.9.